The molecule has 0 aliphatic rings. The Morgan fingerprint density at radius 3 is 2.76 bits per heavy atom. The number of pyridine rings is 1. The lowest BCUT2D eigenvalue weighted by Gasteiger charge is -2.12. The number of carbonyl (C=O) groups is 1. The molecule has 110 valence electrons. The van der Waals surface area contributed by atoms with E-state index in [4.69, 9.17) is 11.6 Å². The first-order valence-corrected chi connectivity index (χ1v) is 6.86. The Hall–Kier alpha value is -2.14. The monoisotopic (exact) mass is 307 g/mol. The van der Waals surface area contributed by atoms with E-state index < -0.39 is 11.7 Å². The molecule has 4 nitrogen and oxygen atoms in total. The fourth-order valence-electron chi connectivity index (χ4n) is 1.86. The van der Waals surface area contributed by atoms with E-state index in [1.54, 1.807) is 6.07 Å². The lowest BCUT2D eigenvalue weighted by Crippen LogP contribution is -2.16. The molecule has 0 aliphatic heterocycles. The molecule has 2 rings (SSSR count). The van der Waals surface area contributed by atoms with Gasteiger partial charge in [-0.25, -0.2) is 4.39 Å². The number of hydrogen-bond donors (Lipinski definition) is 2. The van der Waals surface area contributed by atoms with Gasteiger partial charge in [0, 0.05) is 23.5 Å². The summed E-state index contributed by atoms with van der Waals surface area (Å²) in [5.74, 6) is -1.01. The molecule has 1 heterocycles. The van der Waals surface area contributed by atoms with Crippen LogP contribution in [0.2, 0.25) is 5.02 Å². The summed E-state index contributed by atoms with van der Waals surface area (Å²) in [5, 5.41) is 5.89. The number of nitrogens with one attached hydrogen (secondary N) is 2. The van der Waals surface area contributed by atoms with Crippen LogP contribution >= 0.6 is 11.6 Å². The maximum Gasteiger partial charge on any atom is 0.259 e. The predicted octanol–water partition coefficient (Wildman–Crippen LogP) is 3.87. The van der Waals surface area contributed by atoms with Crippen LogP contribution in [0, 0.1) is 12.7 Å². The van der Waals surface area contributed by atoms with Crippen molar-refractivity contribution in [2.45, 2.75) is 13.8 Å². The summed E-state index contributed by atoms with van der Waals surface area (Å²) in [4.78, 5) is 16.4. The topological polar surface area (TPSA) is 54.0 Å². The molecule has 21 heavy (non-hydrogen) atoms. The van der Waals surface area contributed by atoms with Gasteiger partial charge < -0.3 is 10.6 Å². The number of anilines is 2. The van der Waals surface area contributed by atoms with E-state index in [9.17, 15) is 9.18 Å². The van der Waals surface area contributed by atoms with Gasteiger partial charge in [-0.3, -0.25) is 9.78 Å². The summed E-state index contributed by atoms with van der Waals surface area (Å²) in [6.45, 7) is 4.43. The van der Waals surface area contributed by atoms with E-state index in [0.29, 0.717) is 17.8 Å². The van der Waals surface area contributed by atoms with Crippen molar-refractivity contribution < 1.29 is 9.18 Å². The zero-order valence-corrected chi connectivity index (χ0v) is 12.5. The largest absolute Gasteiger partial charge is 0.385 e. The van der Waals surface area contributed by atoms with Crippen LogP contribution < -0.4 is 10.6 Å². The molecule has 1 aromatic heterocycles. The molecule has 0 unspecified atom stereocenters. The van der Waals surface area contributed by atoms with E-state index in [1.807, 2.05) is 13.8 Å². The van der Waals surface area contributed by atoms with Gasteiger partial charge in [0.15, 0.2) is 0 Å². The summed E-state index contributed by atoms with van der Waals surface area (Å²) < 4.78 is 13.7. The van der Waals surface area contributed by atoms with Gasteiger partial charge >= 0.3 is 0 Å². The molecule has 1 amide bonds. The Balaban J connectivity index is 2.28. The molecule has 0 aliphatic carbocycles. The molecule has 0 bridgehead atoms. The van der Waals surface area contributed by atoms with Gasteiger partial charge in [0.1, 0.15) is 5.82 Å². The SMILES string of the molecule is CCNc1cc(C)ncc1C(=O)Nc1ccc(Cl)cc1F. The van der Waals surface area contributed by atoms with E-state index in [-0.39, 0.29) is 10.7 Å². The van der Waals surface area contributed by atoms with Crippen LogP contribution in [-0.2, 0) is 0 Å². The van der Waals surface area contributed by atoms with Gasteiger partial charge in [-0.15, -0.1) is 0 Å². The minimum Gasteiger partial charge on any atom is -0.385 e. The van der Waals surface area contributed by atoms with Gasteiger partial charge in [-0.1, -0.05) is 11.6 Å². The summed E-state index contributed by atoms with van der Waals surface area (Å²) >= 11 is 5.68. The number of aromatic nitrogens is 1. The Morgan fingerprint density at radius 1 is 1.33 bits per heavy atom. The lowest BCUT2D eigenvalue weighted by molar-refractivity contribution is 0.102. The molecule has 2 aromatic rings. The molecular weight excluding hydrogens is 293 g/mol. The van der Waals surface area contributed by atoms with E-state index in [1.165, 1.54) is 18.3 Å². The third-order valence-electron chi connectivity index (χ3n) is 2.83. The molecule has 6 heteroatoms. The van der Waals surface area contributed by atoms with Crippen molar-refractivity contribution in [1.82, 2.24) is 4.98 Å². The first-order valence-electron chi connectivity index (χ1n) is 6.48. The number of halogens is 2. The smallest absolute Gasteiger partial charge is 0.259 e. The first-order chi connectivity index (χ1) is 10.0. The van der Waals surface area contributed by atoms with Crippen LogP contribution in [0.1, 0.15) is 23.0 Å². The highest BCUT2D eigenvalue weighted by Gasteiger charge is 2.14. The number of amides is 1. The summed E-state index contributed by atoms with van der Waals surface area (Å²) in [7, 11) is 0. The minimum atomic E-state index is -0.582. The van der Waals surface area contributed by atoms with Gasteiger partial charge in [-0.2, -0.15) is 0 Å². The maximum atomic E-state index is 13.7. The van der Waals surface area contributed by atoms with Gasteiger partial charge in [0.25, 0.3) is 5.91 Å². The molecule has 0 saturated heterocycles. The molecule has 2 N–H and O–H groups in total. The highest BCUT2D eigenvalue weighted by molar-refractivity contribution is 6.30. The minimum absolute atomic E-state index is 0.0763. The summed E-state index contributed by atoms with van der Waals surface area (Å²) in [5.41, 5.74) is 1.89. The molecule has 1 aromatic carbocycles. The molecule has 0 radical (unpaired) electrons. The van der Waals surface area contributed by atoms with Gasteiger partial charge in [0.2, 0.25) is 0 Å². The number of nitrogens with zero attached hydrogens (tertiary/aromatic N) is 1. The predicted molar refractivity (Wildman–Crippen MR) is 82.5 cm³/mol. The number of hydrogen-bond acceptors (Lipinski definition) is 3. The van der Waals surface area contributed by atoms with Crippen molar-refractivity contribution in [3.8, 4) is 0 Å². The van der Waals surface area contributed by atoms with Crippen LogP contribution in [-0.4, -0.2) is 17.4 Å². The van der Waals surface area contributed by atoms with E-state index in [0.717, 1.165) is 11.8 Å². The zero-order valence-electron chi connectivity index (χ0n) is 11.7. The van der Waals surface area contributed by atoms with Crippen molar-refractivity contribution in [1.29, 1.82) is 0 Å². The van der Waals surface area contributed by atoms with Crippen LogP contribution in [0.3, 0.4) is 0 Å². The first kappa shape index (κ1) is 15.3. The average Bonchev–Trinajstić information content (AvgIpc) is 2.42. The molecule has 0 saturated carbocycles. The second kappa shape index (κ2) is 6.54. The van der Waals surface area contributed by atoms with Crippen LogP contribution in [0.15, 0.2) is 30.5 Å². The van der Waals surface area contributed by atoms with E-state index in [2.05, 4.69) is 15.6 Å². The third kappa shape index (κ3) is 3.70. The molecular formula is C15H15ClFN3O. The van der Waals surface area contributed by atoms with Crippen molar-refractivity contribution in [3.05, 3.63) is 52.6 Å². The van der Waals surface area contributed by atoms with Gasteiger partial charge in [0.05, 0.1) is 16.9 Å². The second-order valence-corrected chi connectivity index (χ2v) is 4.92. The summed E-state index contributed by atoms with van der Waals surface area (Å²) in [6, 6.07) is 5.86. The molecule has 0 spiro atoms. The number of carbonyl (C=O) groups excluding carboxylic acids is 1. The van der Waals surface area contributed by atoms with Crippen molar-refractivity contribution in [2.24, 2.45) is 0 Å². The summed E-state index contributed by atoms with van der Waals surface area (Å²) in [6.07, 6.45) is 1.47. The van der Waals surface area contributed by atoms with E-state index >= 15 is 0 Å². The fourth-order valence-corrected chi connectivity index (χ4v) is 2.02. The highest BCUT2D eigenvalue weighted by atomic mass is 35.5. The quantitative estimate of drug-likeness (QED) is 0.901. The Morgan fingerprint density at radius 2 is 2.10 bits per heavy atom. The Labute approximate surface area is 127 Å². The van der Waals surface area contributed by atoms with Crippen LogP contribution in [0.5, 0.6) is 0 Å². The Bertz CT molecular complexity index is 676. The van der Waals surface area contributed by atoms with Crippen LogP contribution in [0.4, 0.5) is 15.8 Å². The van der Waals surface area contributed by atoms with Crippen molar-refractivity contribution in [3.63, 3.8) is 0 Å². The van der Waals surface area contributed by atoms with Crippen molar-refractivity contribution >= 4 is 28.9 Å². The fraction of sp³-hybridized carbons (Fsp3) is 0.200. The number of benzene rings is 1. The molecule has 0 atom stereocenters. The highest BCUT2D eigenvalue weighted by Crippen LogP contribution is 2.21. The third-order valence-corrected chi connectivity index (χ3v) is 3.07. The van der Waals surface area contributed by atoms with Gasteiger partial charge in [-0.05, 0) is 38.1 Å². The lowest BCUT2D eigenvalue weighted by atomic mass is 10.2. The normalized spacial score (nSPS) is 10.3. The van der Waals surface area contributed by atoms with Crippen LogP contribution in [0.25, 0.3) is 0 Å². The average molecular weight is 308 g/mol. The Kier molecular flexibility index (Phi) is 4.75. The maximum absolute atomic E-state index is 13.7. The number of aryl methyl sites for hydroxylation is 1. The second-order valence-electron chi connectivity index (χ2n) is 4.48. The number of rotatable bonds is 4. The molecule has 0 fully saturated rings. The zero-order chi connectivity index (χ0) is 15.4. The van der Waals surface area contributed by atoms with Crippen molar-refractivity contribution in [2.75, 3.05) is 17.2 Å². The standard InChI is InChI=1S/C15H15ClFN3O/c1-3-18-14-6-9(2)19-8-11(14)15(21)20-13-5-4-10(16)7-12(13)17/h4-8H,3H2,1-2H3,(H,18,19)(H,20,21).